The molecule has 0 bridgehead atoms. The first-order valence-corrected chi connectivity index (χ1v) is 4.16. The molecular formula is C9H9F2N3. The first kappa shape index (κ1) is 9.08. The number of nitrogens with zero attached hydrogens (tertiary/aromatic N) is 1. The Labute approximate surface area is 78.9 Å². The zero-order chi connectivity index (χ0) is 10.1. The number of nitrogens with one attached hydrogen (secondary N) is 1. The van der Waals surface area contributed by atoms with Crippen LogP contribution in [0.5, 0.6) is 0 Å². The average Bonchev–Trinajstić information content (AvgIpc) is 2.63. The molecule has 1 aromatic carbocycles. The van der Waals surface area contributed by atoms with Crippen molar-refractivity contribution in [1.29, 1.82) is 0 Å². The van der Waals surface area contributed by atoms with E-state index >= 15 is 0 Å². The standard InChI is InChI=1S/C9H9F2N3/c10-9(11)7(12)6-3-1-2-5-4-13-14-8(5)6/h1-4,7,9H,12H2,(H,13,14). The predicted molar refractivity (Wildman–Crippen MR) is 49.0 cm³/mol. The summed E-state index contributed by atoms with van der Waals surface area (Å²) in [6, 6.07) is 3.80. The average molecular weight is 197 g/mol. The lowest BCUT2D eigenvalue weighted by atomic mass is 10.1. The van der Waals surface area contributed by atoms with Gasteiger partial charge in [0.05, 0.1) is 17.8 Å². The Morgan fingerprint density at radius 3 is 2.86 bits per heavy atom. The normalized spacial score (nSPS) is 13.7. The SMILES string of the molecule is NC(c1cccc2cn[nH]c12)C(F)F. The van der Waals surface area contributed by atoms with Crippen LogP contribution in [0.3, 0.4) is 0 Å². The quantitative estimate of drug-likeness (QED) is 0.771. The molecule has 74 valence electrons. The van der Waals surface area contributed by atoms with Gasteiger partial charge in [-0.15, -0.1) is 0 Å². The summed E-state index contributed by atoms with van der Waals surface area (Å²) in [6.45, 7) is 0. The van der Waals surface area contributed by atoms with Crippen molar-refractivity contribution in [3.8, 4) is 0 Å². The van der Waals surface area contributed by atoms with E-state index in [4.69, 9.17) is 5.73 Å². The molecule has 0 spiro atoms. The fourth-order valence-electron chi connectivity index (χ4n) is 1.41. The van der Waals surface area contributed by atoms with Gasteiger partial charge in [-0.25, -0.2) is 8.78 Å². The highest BCUT2D eigenvalue weighted by Gasteiger charge is 2.19. The highest BCUT2D eigenvalue weighted by Crippen LogP contribution is 2.24. The first-order chi connectivity index (χ1) is 6.70. The molecule has 0 saturated heterocycles. The molecule has 0 saturated carbocycles. The van der Waals surface area contributed by atoms with E-state index in [0.29, 0.717) is 11.1 Å². The lowest BCUT2D eigenvalue weighted by molar-refractivity contribution is 0.117. The summed E-state index contributed by atoms with van der Waals surface area (Å²) in [7, 11) is 0. The Bertz CT molecular complexity index is 438. The number of fused-ring (bicyclic) bond motifs is 1. The van der Waals surface area contributed by atoms with E-state index in [2.05, 4.69) is 10.2 Å². The fraction of sp³-hybridized carbons (Fsp3) is 0.222. The van der Waals surface area contributed by atoms with E-state index in [-0.39, 0.29) is 0 Å². The number of halogens is 2. The molecule has 0 radical (unpaired) electrons. The van der Waals surface area contributed by atoms with Gasteiger partial charge in [0.25, 0.3) is 6.43 Å². The molecular weight excluding hydrogens is 188 g/mol. The van der Waals surface area contributed by atoms with Gasteiger partial charge in [-0.3, -0.25) is 5.10 Å². The van der Waals surface area contributed by atoms with Crippen LogP contribution in [-0.4, -0.2) is 16.6 Å². The van der Waals surface area contributed by atoms with Crippen LogP contribution in [0.1, 0.15) is 11.6 Å². The third kappa shape index (κ3) is 1.35. The Morgan fingerprint density at radius 2 is 2.14 bits per heavy atom. The smallest absolute Gasteiger partial charge is 0.257 e. The summed E-state index contributed by atoms with van der Waals surface area (Å²) < 4.78 is 24.8. The minimum Gasteiger partial charge on any atom is -0.319 e. The molecule has 2 rings (SSSR count). The number of nitrogens with two attached hydrogens (primary N) is 1. The highest BCUT2D eigenvalue weighted by molar-refractivity contribution is 5.81. The minimum atomic E-state index is -2.57. The van der Waals surface area contributed by atoms with Crippen LogP contribution in [0.25, 0.3) is 10.9 Å². The molecule has 0 aliphatic carbocycles. The number of para-hydroxylation sites is 1. The monoisotopic (exact) mass is 197 g/mol. The molecule has 3 nitrogen and oxygen atoms in total. The van der Waals surface area contributed by atoms with Crippen molar-refractivity contribution in [3.05, 3.63) is 30.0 Å². The van der Waals surface area contributed by atoms with Gasteiger partial charge in [-0.1, -0.05) is 18.2 Å². The Morgan fingerprint density at radius 1 is 1.36 bits per heavy atom. The summed E-state index contributed by atoms with van der Waals surface area (Å²) in [5, 5.41) is 7.23. The molecule has 0 amide bonds. The summed E-state index contributed by atoms with van der Waals surface area (Å²) in [6.07, 6.45) is -0.985. The van der Waals surface area contributed by atoms with Crippen molar-refractivity contribution in [2.24, 2.45) is 5.73 Å². The van der Waals surface area contributed by atoms with Crippen LogP contribution < -0.4 is 5.73 Å². The van der Waals surface area contributed by atoms with Crippen LogP contribution in [0.4, 0.5) is 8.78 Å². The number of hydrogen-bond donors (Lipinski definition) is 2. The molecule has 2 aromatic rings. The number of aromatic nitrogens is 2. The third-order valence-corrected chi connectivity index (χ3v) is 2.14. The van der Waals surface area contributed by atoms with Crippen LogP contribution in [0.15, 0.2) is 24.4 Å². The number of rotatable bonds is 2. The zero-order valence-corrected chi connectivity index (χ0v) is 7.24. The van der Waals surface area contributed by atoms with Crippen molar-refractivity contribution < 1.29 is 8.78 Å². The Hall–Kier alpha value is -1.49. The van der Waals surface area contributed by atoms with Gasteiger partial charge in [0.15, 0.2) is 0 Å². The molecule has 0 aliphatic rings. The molecule has 1 heterocycles. The highest BCUT2D eigenvalue weighted by atomic mass is 19.3. The zero-order valence-electron chi connectivity index (χ0n) is 7.24. The molecule has 0 fully saturated rings. The topological polar surface area (TPSA) is 54.7 Å². The van der Waals surface area contributed by atoms with E-state index in [1.165, 1.54) is 0 Å². The number of alkyl halides is 2. The molecule has 1 unspecified atom stereocenters. The van der Waals surface area contributed by atoms with Gasteiger partial charge in [0.2, 0.25) is 0 Å². The molecule has 14 heavy (non-hydrogen) atoms. The van der Waals surface area contributed by atoms with Crippen molar-refractivity contribution in [2.75, 3.05) is 0 Å². The largest absolute Gasteiger partial charge is 0.319 e. The maximum Gasteiger partial charge on any atom is 0.257 e. The van der Waals surface area contributed by atoms with E-state index < -0.39 is 12.5 Å². The van der Waals surface area contributed by atoms with Crippen molar-refractivity contribution >= 4 is 10.9 Å². The number of benzene rings is 1. The van der Waals surface area contributed by atoms with Gasteiger partial charge in [0, 0.05) is 10.9 Å². The van der Waals surface area contributed by atoms with Crippen LogP contribution in [-0.2, 0) is 0 Å². The fourth-order valence-corrected chi connectivity index (χ4v) is 1.41. The maximum absolute atomic E-state index is 12.4. The van der Waals surface area contributed by atoms with E-state index in [9.17, 15) is 8.78 Å². The summed E-state index contributed by atoms with van der Waals surface area (Å²) in [5.41, 5.74) is 6.35. The van der Waals surface area contributed by atoms with Crippen LogP contribution in [0, 0.1) is 0 Å². The number of aromatic amines is 1. The van der Waals surface area contributed by atoms with E-state index in [1.807, 2.05) is 0 Å². The van der Waals surface area contributed by atoms with Gasteiger partial charge >= 0.3 is 0 Å². The third-order valence-electron chi connectivity index (χ3n) is 2.14. The first-order valence-electron chi connectivity index (χ1n) is 4.16. The van der Waals surface area contributed by atoms with Crippen molar-refractivity contribution in [1.82, 2.24) is 10.2 Å². The molecule has 5 heteroatoms. The second kappa shape index (κ2) is 3.34. The Kier molecular flexibility index (Phi) is 2.17. The second-order valence-electron chi connectivity index (χ2n) is 3.04. The lowest BCUT2D eigenvalue weighted by Gasteiger charge is -2.10. The van der Waals surface area contributed by atoms with Gasteiger partial charge < -0.3 is 5.73 Å². The molecule has 1 atom stereocenters. The summed E-state index contributed by atoms with van der Waals surface area (Å²) >= 11 is 0. The molecule has 0 aliphatic heterocycles. The van der Waals surface area contributed by atoms with Gasteiger partial charge in [-0.05, 0) is 0 Å². The van der Waals surface area contributed by atoms with Crippen molar-refractivity contribution in [3.63, 3.8) is 0 Å². The van der Waals surface area contributed by atoms with Gasteiger partial charge in [-0.2, -0.15) is 5.10 Å². The summed E-state index contributed by atoms with van der Waals surface area (Å²) in [4.78, 5) is 0. The van der Waals surface area contributed by atoms with Crippen molar-refractivity contribution in [2.45, 2.75) is 12.5 Å². The predicted octanol–water partition coefficient (Wildman–Crippen LogP) is 1.83. The minimum absolute atomic E-state index is 0.398. The van der Waals surface area contributed by atoms with Crippen LogP contribution >= 0.6 is 0 Å². The number of H-pyrrole nitrogens is 1. The number of hydrogen-bond acceptors (Lipinski definition) is 2. The van der Waals surface area contributed by atoms with Crippen LogP contribution in [0.2, 0.25) is 0 Å². The maximum atomic E-state index is 12.4. The second-order valence-corrected chi connectivity index (χ2v) is 3.04. The van der Waals surface area contributed by atoms with E-state index in [0.717, 1.165) is 5.39 Å². The van der Waals surface area contributed by atoms with Gasteiger partial charge in [0.1, 0.15) is 0 Å². The lowest BCUT2D eigenvalue weighted by Crippen LogP contribution is -2.19. The molecule has 3 N–H and O–H groups in total. The molecule has 1 aromatic heterocycles. The Balaban J connectivity index is 2.56. The summed E-state index contributed by atoms with van der Waals surface area (Å²) in [5.74, 6) is 0. The van der Waals surface area contributed by atoms with E-state index in [1.54, 1.807) is 24.4 Å².